The highest BCUT2D eigenvalue weighted by Gasteiger charge is 2.07. The first-order valence-electron chi connectivity index (χ1n) is 6.00. The molecule has 0 saturated carbocycles. The molecule has 0 aliphatic rings. The average Bonchev–Trinajstić information content (AvgIpc) is 2.37. The summed E-state index contributed by atoms with van der Waals surface area (Å²) in [6.45, 7) is 9.62. The molecule has 0 aliphatic carbocycles. The van der Waals surface area contributed by atoms with Gasteiger partial charge in [-0.25, -0.2) is 0 Å². The number of benzene rings is 1. The Balaban J connectivity index is 2.77. The van der Waals surface area contributed by atoms with Gasteiger partial charge in [0.2, 0.25) is 0 Å². The number of nitrogens with zero attached hydrogens (tertiary/aromatic N) is 1. The maximum absolute atomic E-state index is 8.71. The van der Waals surface area contributed by atoms with Crippen molar-refractivity contribution in [1.82, 2.24) is 0 Å². The fourth-order valence-corrected chi connectivity index (χ4v) is 1.53. The van der Waals surface area contributed by atoms with Gasteiger partial charge in [0, 0.05) is 12.0 Å². The van der Waals surface area contributed by atoms with E-state index in [0.29, 0.717) is 12.0 Å². The van der Waals surface area contributed by atoms with Crippen molar-refractivity contribution in [1.29, 1.82) is 5.26 Å². The van der Waals surface area contributed by atoms with Crippen molar-refractivity contribution in [2.24, 2.45) is 0 Å². The van der Waals surface area contributed by atoms with Gasteiger partial charge in [-0.1, -0.05) is 30.9 Å². The molecule has 1 rings (SSSR count). The summed E-state index contributed by atoms with van der Waals surface area (Å²) in [6, 6.07) is 8.22. The van der Waals surface area contributed by atoms with Crippen LogP contribution < -0.4 is 4.74 Å². The molecule has 0 heterocycles. The van der Waals surface area contributed by atoms with Crippen molar-refractivity contribution in [2.45, 2.75) is 33.3 Å². The van der Waals surface area contributed by atoms with Gasteiger partial charge in [0.25, 0.3) is 0 Å². The van der Waals surface area contributed by atoms with E-state index in [1.807, 2.05) is 32.1 Å². The van der Waals surface area contributed by atoms with Gasteiger partial charge < -0.3 is 4.74 Å². The van der Waals surface area contributed by atoms with E-state index in [1.165, 1.54) is 5.56 Å². The van der Waals surface area contributed by atoms with E-state index in [2.05, 4.69) is 18.7 Å². The minimum atomic E-state index is -0.103. The van der Waals surface area contributed by atoms with E-state index in [-0.39, 0.29) is 6.10 Å². The molecule has 0 N–H and O–H groups in total. The van der Waals surface area contributed by atoms with Gasteiger partial charge in [-0.05, 0) is 38.0 Å². The Hall–Kier alpha value is -2.01. The number of hydrogen-bond donors (Lipinski definition) is 0. The molecule has 2 nitrogen and oxygen atoms in total. The molecule has 0 radical (unpaired) electrons. The number of hydrogen-bond acceptors (Lipinski definition) is 2. The predicted molar refractivity (Wildman–Crippen MR) is 74.5 cm³/mol. The minimum absolute atomic E-state index is 0.103. The van der Waals surface area contributed by atoms with Crippen molar-refractivity contribution >= 4 is 0 Å². The third-order valence-corrected chi connectivity index (χ3v) is 2.72. The van der Waals surface area contributed by atoms with E-state index in [9.17, 15) is 0 Å². The van der Waals surface area contributed by atoms with Gasteiger partial charge in [0.1, 0.15) is 11.9 Å². The van der Waals surface area contributed by atoms with E-state index >= 15 is 0 Å². The molecule has 1 unspecified atom stereocenters. The summed E-state index contributed by atoms with van der Waals surface area (Å²) in [4.78, 5) is 0. The van der Waals surface area contributed by atoms with Crippen molar-refractivity contribution in [3.05, 3.63) is 53.6 Å². The van der Waals surface area contributed by atoms with Crippen LogP contribution in [0.3, 0.4) is 0 Å². The van der Waals surface area contributed by atoms with Crippen LogP contribution in [-0.4, -0.2) is 6.10 Å². The van der Waals surface area contributed by atoms with Crippen molar-refractivity contribution in [3.8, 4) is 11.8 Å². The second kappa shape index (κ2) is 6.66. The molecule has 2 heteroatoms. The minimum Gasteiger partial charge on any atom is -0.486 e. The summed E-state index contributed by atoms with van der Waals surface area (Å²) in [5.41, 5.74) is 2.97. The predicted octanol–water partition coefficient (Wildman–Crippen LogP) is 4.10. The van der Waals surface area contributed by atoms with Gasteiger partial charge in [0.15, 0.2) is 0 Å². The Bertz CT molecular complexity index is 494. The molecule has 18 heavy (non-hydrogen) atoms. The first-order valence-corrected chi connectivity index (χ1v) is 6.00. The monoisotopic (exact) mass is 241 g/mol. The molecule has 1 atom stereocenters. The lowest BCUT2D eigenvalue weighted by atomic mass is 10.1. The number of ether oxygens (including phenoxy) is 1. The van der Waals surface area contributed by atoms with E-state index in [0.717, 1.165) is 11.3 Å². The summed E-state index contributed by atoms with van der Waals surface area (Å²) in [5, 5.41) is 8.71. The second-order valence-electron chi connectivity index (χ2n) is 4.40. The van der Waals surface area contributed by atoms with Crippen LogP contribution in [0.2, 0.25) is 0 Å². The molecule has 0 aliphatic heterocycles. The second-order valence-corrected chi connectivity index (χ2v) is 4.40. The molecule has 94 valence electrons. The van der Waals surface area contributed by atoms with Crippen molar-refractivity contribution < 1.29 is 4.74 Å². The van der Waals surface area contributed by atoms with Crippen LogP contribution in [0, 0.1) is 25.2 Å². The molecule has 0 spiro atoms. The summed E-state index contributed by atoms with van der Waals surface area (Å²) in [5.74, 6) is 0.878. The van der Waals surface area contributed by atoms with Crippen LogP contribution in [-0.2, 0) is 0 Å². The molecule has 0 aromatic heterocycles. The Morgan fingerprint density at radius 2 is 2.22 bits per heavy atom. The molecule has 0 bridgehead atoms. The lowest BCUT2D eigenvalue weighted by Crippen LogP contribution is -2.13. The molecule has 0 saturated heterocycles. The topological polar surface area (TPSA) is 33.0 Å². The standard InChI is InChI=1S/C16H19NO/c1-5-15(9-7-13(3)11-17)18-16-10-12(2)6-8-14(16)4/h5-8,10,15H,1,9H2,2-4H3/b13-7+. The van der Waals surface area contributed by atoms with Crippen LogP contribution in [0.5, 0.6) is 5.75 Å². The zero-order chi connectivity index (χ0) is 13.5. The largest absolute Gasteiger partial charge is 0.486 e. The number of allylic oxidation sites excluding steroid dienone is 1. The zero-order valence-corrected chi connectivity index (χ0v) is 11.2. The Morgan fingerprint density at radius 1 is 1.50 bits per heavy atom. The van der Waals surface area contributed by atoms with Gasteiger partial charge in [-0.15, -0.1) is 0 Å². The third-order valence-electron chi connectivity index (χ3n) is 2.72. The number of rotatable bonds is 5. The lowest BCUT2D eigenvalue weighted by molar-refractivity contribution is 0.251. The normalized spacial score (nSPS) is 12.7. The van der Waals surface area contributed by atoms with E-state index in [1.54, 1.807) is 13.0 Å². The van der Waals surface area contributed by atoms with Crippen LogP contribution in [0.15, 0.2) is 42.5 Å². The molecule has 1 aromatic rings. The first-order chi connectivity index (χ1) is 8.56. The first kappa shape index (κ1) is 14.1. The smallest absolute Gasteiger partial charge is 0.123 e. The highest BCUT2D eigenvalue weighted by molar-refractivity contribution is 5.36. The van der Waals surface area contributed by atoms with Crippen LogP contribution in [0.25, 0.3) is 0 Å². The zero-order valence-electron chi connectivity index (χ0n) is 11.2. The number of aryl methyl sites for hydroxylation is 2. The van der Waals surface area contributed by atoms with Crippen molar-refractivity contribution in [3.63, 3.8) is 0 Å². The molecule has 0 amide bonds. The Morgan fingerprint density at radius 3 is 2.83 bits per heavy atom. The fourth-order valence-electron chi connectivity index (χ4n) is 1.53. The average molecular weight is 241 g/mol. The summed E-state index contributed by atoms with van der Waals surface area (Å²) >= 11 is 0. The van der Waals surface area contributed by atoms with E-state index < -0.39 is 0 Å². The van der Waals surface area contributed by atoms with E-state index in [4.69, 9.17) is 10.00 Å². The van der Waals surface area contributed by atoms with Crippen molar-refractivity contribution in [2.75, 3.05) is 0 Å². The number of nitriles is 1. The molecule has 0 fully saturated rings. The third kappa shape index (κ3) is 4.10. The Kier molecular flexibility index (Phi) is 5.20. The molecular weight excluding hydrogens is 222 g/mol. The highest BCUT2D eigenvalue weighted by atomic mass is 16.5. The molecular formula is C16H19NO. The summed E-state index contributed by atoms with van der Waals surface area (Å²) < 4.78 is 5.90. The lowest BCUT2D eigenvalue weighted by Gasteiger charge is -2.16. The quantitative estimate of drug-likeness (QED) is 0.574. The van der Waals surface area contributed by atoms with Gasteiger partial charge in [-0.3, -0.25) is 0 Å². The summed E-state index contributed by atoms with van der Waals surface area (Å²) in [6.07, 6.45) is 4.20. The van der Waals surface area contributed by atoms with Gasteiger partial charge in [0.05, 0.1) is 6.07 Å². The SMILES string of the molecule is C=CC(C/C=C(\C)C#N)Oc1cc(C)ccc1C. The molecule has 1 aromatic carbocycles. The van der Waals surface area contributed by atoms with Crippen LogP contribution in [0.1, 0.15) is 24.5 Å². The maximum Gasteiger partial charge on any atom is 0.123 e. The highest BCUT2D eigenvalue weighted by Crippen LogP contribution is 2.21. The van der Waals surface area contributed by atoms with Gasteiger partial charge >= 0.3 is 0 Å². The maximum atomic E-state index is 8.71. The Labute approximate surface area is 109 Å². The van der Waals surface area contributed by atoms with Crippen LogP contribution >= 0.6 is 0 Å². The van der Waals surface area contributed by atoms with Gasteiger partial charge in [-0.2, -0.15) is 5.26 Å². The summed E-state index contributed by atoms with van der Waals surface area (Å²) in [7, 11) is 0. The fraction of sp³-hybridized carbons (Fsp3) is 0.312. The van der Waals surface area contributed by atoms with Crippen LogP contribution in [0.4, 0.5) is 0 Å².